The molecule has 8 nitrogen and oxygen atoms in total. The molecule has 1 saturated heterocycles. The number of carbonyl (C=O) groups is 2. The summed E-state index contributed by atoms with van der Waals surface area (Å²) in [5, 5.41) is 5.18. The molecule has 0 radical (unpaired) electrons. The van der Waals surface area contributed by atoms with Crippen LogP contribution in [0.2, 0.25) is 5.02 Å². The Morgan fingerprint density at radius 2 is 2.23 bits per heavy atom. The molecule has 1 aromatic carbocycles. The van der Waals surface area contributed by atoms with Gasteiger partial charge in [0.2, 0.25) is 11.8 Å². The summed E-state index contributed by atoms with van der Waals surface area (Å²) in [6.07, 6.45) is 3.62. The van der Waals surface area contributed by atoms with Crippen molar-refractivity contribution in [2.75, 3.05) is 46.2 Å². The topological polar surface area (TPSA) is 90.6 Å². The van der Waals surface area contributed by atoms with E-state index in [1.54, 1.807) is 17.3 Å². The molecule has 4 rings (SSSR count). The van der Waals surface area contributed by atoms with Crippen molar-refractivity contribution in [3.63, 3.8) is 0 Å². The highest BCUT2D eigenvalue weighted by Gasteiger charge is 2.35. The van der Waals surface area contributed by atoms with E-state index >= 15 is 0 Å². The predicted octanol–water partition coefficient (Wildman–Crippen LogP) is 2.73. The third-order valence-electron chi connectivity index (χ3n) is 5.46. The average molecular weight is 430 g/mol. The Labute approximate surface area is 179 Å². The lowest BCUT2D eigenvalue weighted by atomic mass is 10.1. The number of methoxy groups -OCH3 is 1. The zero-order valence-corrected chi connectivity index (χ0v) is 17.9. The third kappa shape index (κ3) is 3.68. The molecular formula is C21H24ClN5O3. The standard InChI is InChI=1S/C21H24ClN5O3/c1-26(2)6-7-27-11-12(8-17(27)28)21(29)25-19-18-14(9-15(22)20(19)30-3)13-4-5-23-10-16(13)24-18/h4-5,9-10,12,24H,6-8,11H2,1-3H3,(H,25,29). The second-order valence-corrected chi connectivity index (χ2v) is 8.18. The number of ether oxygens (including phenoxy) is 1. The van der Waals surface area contributed by atoms with E-state index in [4.69, 9.17) is 16.3 Å². The van der Waals surface area contributed by atoms with Crippen molar-refractivity contribution in [2.45, 2.75) is 6.42 Å². The number of pyridine rings is 1. The van der Waals surface area contributed by atoms with Crippen LogP contribution in [0.4, 0.5) is 5.69 Å². The van der Waals surface area contributed by atoms with Gasteiger partial charge in [-0.05, 0) is 26.2 Å². The molecule has 2 N–H and O–H groups in total. The monoisotopic (exact) mass is 429 g/mol. The molecule has 1 atom stereocenters. The number of rotatable bonds is 6. The van der Waals surface area contributed by atoms with Crippen molar-refractivity contribution in [1.82, 2.24) is 19.8 Å². The van der Waals surface area contributed by atoms with Crippen molar-refractivity contribution >= 4 is 50.9 Å². The Morgan fingerprint density at radius 1 is 1.43 bits per heavy atom. The quantitative estimate of drug-likeness (QED) is 0.628. The van der Waals surface area contributed by atoms with Crippen molar-refractivity contribution in [3.8, 4) is 5.75 Å². The van der Waals surface area contributed by atoms with Crippen LogP contribution in [-0.2, 0) is 9.59 Å². The molecule has 158 valence electrons. The van der Waals surface area contributed by atoms with Crippen LogP contribution >= 0.6 is 11.6 Å². The summed E-state index contributed by atoms with van der Waals surface area (Å²) in [5.41, 5.74) is 2.01. The molecule has 1 aliphatic heterocycles. The first kappa shape index (κ1) is 20.4. The predicted molar refractivity (Wildman–Crippen MR) is 117 cm³/mol. The number of likely N-dealkylation sites (tertiary alicyclic amines) is 1. The van der Waals surface area contributed by atoms with Gasteiger partial charge in [0.1, 0.15) is 5.69 Å². The van der Waals surface area contributed by atoms with Crippen molar-refractivity contribution in [3.05, 3.63) is 29.5 Å². The number of carbonyl (C=O) groups excluding carboxylic acids is 2. The van der Waals surface area contributed by atoms with Gasteiger partial charge in [0.25, 0.3) is 0 Å². The number of aromatic amines is 1. The highest BCUT2D eigenvalue weighted by atomic mass is 35.5. The molecule has 0 aliphatic carbocycles. The van der Waals surface area contributed by atoms with Crippen LogP contribution in [0.15, 0.2) is 24.5 Å². The lowest BCUT2D eigenvalue weighted by Crippen LogP contribution is -2.34. The Morgan fingerprint density at radius 3 is 2.97 bits per heavy atom. The average Bonchev–Trinajstić information content (AvgIpc) is 3.27. The van der Waals surface area contributed by atoms with E-state index in [9.17, 15) is 9.59 Å². The maximum atomic E-state index is 13.1. The number of nitrogens with zero attached hydrogens (tertiary/aromatic N) is 3. The van der Waals surface area contributed by atoms with Gasteiger partial charge in [0.15, 0.2) is 5.75 Å². The molecule has 0 bridgehead atoms. The van der Waals surface area contributed by atoms with E-state index in [-0.39, 0.29) is 18.2 Å². The van der Waals surface area contributed by atoms with Crippen molar-refractivity contribution in [1.29, 1.82) is 0 Å². The summed E-state index contributed by atoms with van der Waals surface area (Å²) < 4.78 is 5.49. The fourth-order valence-corrected chi connectivity index (χ4v) is 4.15. The molecule has 0 spiro atoms. The van der Waals surface area contributed by atoms with Crippen molar-refractivity contribution < 1.29 is 14.3 Å². The van der Waals surface area contributed by atoms with Crippen LogP contribution in [0.25, 0.3) is 21.8 Å². The fourth-order valence-electron chi connectivity index (χ4n) is 3.87. The number of hydrogen-bond acceptors (Lipinski definition) is 5. The minimum Gasteiger partial charge on any atom is -0.493 e. The van der Waals surface area contributed by atoms with Gasteiger partial charge in [-0.2, -0.15) is 0 Å². The van der Waals surface area contributed by atoms with E-state index in [0.717, 1.165) is 22.8 Å². The number of H-pyrrole nitrogens is 1. The lowest BCUT2D eigenvalue weighted by Gasteiger charge is -2.19. The minimum absolute atomic E-state index is 0.00288. The molecule has 0 saturated carbocycles. The first-order chi connectivity index (χ1) is 14.4. The van der Waals surface area contributed by atoms with Gasteiger partial charge < -0.3 is 24.8 Å². The number of likely N-dealkylation sites (N-methyl/N-ethyl adjacent to an activating group) is 1. The Bertz CT molecular complexity index is 1130. The van der Waals surface area contributed by atoms with E-state index in [1.165, 1.54) is 7.11 Å². The summed E-state index contributed by atoms with van der Waals surface area (Å²) in [4.78, 5) is 36.6. The van der Waals surface area contributed by atoms with E-state index < -0.39 is 5.92 Å². The summed E-state index contributed by atoms with van der Waals surface area (Å²) in [5.74, 6) is -0.276. The summed E-state index contributed by atoms with van der Waals surface area (Å²) in [7, 11) is 5.42. The van der Waals surface area contributed by atoms with Gasteiger partial charge in [0.05, 0.1) is 35.3 Å². The lowest BCUT2D eigenvalue weighted by molar-refractivity contribution is -0.128. The minimum atomic E-state index is -0.426. The number of fused-ring (bicyclic) bond motifs is 3. The molecule has 9 heteroatoms. The fraction of sp³-hybridized carbons (Fsp3) is 0.381. The van der Waals surface area contributed by atoms with Gasteiger partial charge in [-0.3, -0.25) is 14.6 Å². The molecule has 3 aromatic rings. The highest BCUT2D eigenvalue weighted by molar-refractivity contribution is 6.35. The third-order valence-corrected chi connectivity index (χ3v) is 5.74. The number of benzene rings is 1. The largest absolute Gasteiger partial charge is 0.493 e. The Hall–Kier alpha value is -2.84. The zero-order chi connectivity index (χ0) is 21.4. The van der Waals surface area contributed by atoms with Gasteiger partial charge in [-0.1, -0.05) is 11.6 Å². The Balaban J connectivity index is 1.65. The molecule has 30 heavy (non-hydrogen) atoms. The molecule has 1 unspecified atom stereocenters. The van der Waals surface area contributed by atoms with Gasteiger partial charge >= 0.3 is 0 Å². The number of halogens is 1. The molecule has 2 aromatic heterocycles. The SMILES string of the molecule is COc1c(Cl)cc2c([nH]c3cnccc32)c1NC(=O)C1CC(=O)N(CCN(C)C)C1. The van der Waals surface area contributed by atoms with Gasteiger partial charge in [-0.25, -0.2) is 0 Å². The maximum Gasteiger partial charge on any atom is 0.229 e. The number of anilines is 1. The zero-order valence-electron chi connectivity index (χ0n) is 17.2. The maximum absolute atomic E-state index is 13.1. The van der Waals surface area contributed by atoms with Crippen LogP contribution in [0.1, 0.15) is 6.42 Å². The number of nitrogens with one attached hydrogen (secondary N) is 2. The second kappa shape index (κ2) is 8.12. The first-order valence-electron chi connectivity index (χ1n) is 9.74. The van der Waals surface area contributed by atoms with E-state index in [1.807, 2.05) is 31.1 Å². The van der Waals surface area contributed by atoms with Crippen LogP contribution in [0, 0.1) is 5.92 Å². The normalized spacial score (nSPS) is 16.8. The summed E-state index contributed by atoms with van der Waals surface area (Å²) in [6.45, 7) is 1.77. The summed E-state index contributed by atoms with van der Waals surface area (Å²) >= 11 is 6.45. The Kier molecular flexibility index (Phi) is 5.53. The molecule has 2 amide bonds. The van der Waals surface area contributed by atoms with Crippen molar-refractivity contribution in [2.24, 2.45) is 5.92 Å². The number of amides is 2. The summed E-state index contributed by atoms with van der Waals surface area (Å²) in [6, 6.07) is 3.70. The number of aromatic nitrogens is 2. The molecule has 3 heterocycles. The van der Waals surface area contributed by atoms with Gasteiger partial charge in [-0.15, -0.1) is 0 Å². The first-order valence-corrected chi connectivity index (χ1v) is 10.1. The second-order valence-electron chi connectivity index (χ2n) is 7.77. The number of hydrogen-bond donors (Lipinski definition) is 2. The molecule has 1 fully saturated rings. The molecular weight excluding hydrogens is 406 g/mol. The van der Waals surface area contributed by atoms with E-state index in [0.29, 0.717) is 35.1 Å². The van der Waals surface area contributed by atoms with Crippen LogP contribution in [0.5, 0.6) is 5.75 Å². The van der Waals surface area contributed by atoms with Crippen LogP contribution in [0.3, 0.4) is 0 Å². The van der Waals surface area contributed by atoms with Crippen LogP contribution < -0.4 is 10.1 Å². The van der Waals surface area contributed by atoms with E-state index in [2.05, 4.69) is 15.3 Å². The molecule has 1 aliphatic rings. The smallest absolute Gasteiger partial charge is 0.229 e. The highest BCUT2D eigenvalue weighted by Crippen LogP contribution is 2.42. The van der Waals surface area contributed by atoms with Gasteiger partial charge in [0, 0.05) is 43.0 Å². The van der Waals surface area contributed by atoms with Crippen LogP contribution in [-0.4, -0.2) is 72.4 Å².